The maximum Gasteiger partial charge on any atom is 0.164 e. The molecule has 51 heavy (non-hydrogen) atoms. The van der Waals surface area contributed by atoms with Crippen molar-refractivity contribution in [1.82, 2.24) is 15.0 Å². The number of nitrogens with zero attached hydrogens (tertiary/aromatic N) is 3. The van der Waals surface area contributed by atoms with Gasteiger partial charge in [-0.3, -0.25) is 0 Å². The van der Waals surface area contributed by atoms with E-state index < -0.39 is 0 Å². The first-order valence-electron chi connectivity index (χ1n) is 17.3. The Kier molecular flexibility index (Phi) is 8.20. The topological polar surface area (TPSA) is 38.7 Å². The first-order valence-corrected chi connectivity index (χ1v) is 18.2. The molecule has 0 radical (unpaired) electrons. The van der Waals surface area contributed by atoms with Gasteiger partial charge in [0.25, 0.3) is 0 Å². The van der Waals surface area contributed by atoms with Crippen molar-refractivity contribution in [3.8, 4) is 34.2 Å². The fraction of sp³-hybridized carbons (Fsp3) is 0.0426. The molecule has 242 valence electrons. The molecule has 0 saturated carbocycles. The fourth-order valence-corrected chi connectivity index (χ4v) is 8.23. The van der Waals surface area contributed by atoms with Crippen LogP contribution in [0.3, 0.4) is 0 Å². The Balaban J connectivity index is 1.24. The lowest BCUT2D eigenvalue weighted by Crippen LogP contribution is -2.01. The maximum absolute atomic E-state index is 5.17. The Morgan fingerprint density at radius 1 is 0.451 bits per heavy atom. The molecular formula is C47H33N3S. The molecule has 1 aliphatic carbocycles. The molecule has 0 fully saturated rings. The number of hydrogen-bond acceptors (Lipinski definition) is 4. The fourth-order valence-electron chi connectivity index (χ4n) is 6.98. The summed E-state index contributed by atoms with van der Waals surface area (Å²) in [5.41, 5.74) is 11.1. The summed E-state index contributed by atoms with van der Waals surface area (Å²) in [5, 5.41) is 1.30. The Morgan fingerprint density at radius 2 is 0.941 bits per heavy atom. The van der Waals surface area contributed by atoms with Crippen LogP contribution in [0.4, 0.5) is 0 Å². The van der Waals surface area contributed by atoms with Crippen LogP contribution in [0.25, 0.3) is 61.5 Å². The van der Waals surface area contributed by atoms with Crippen LogP contribution >= 0.6 is 11.3 Å². The van der Waals surface area contributed by atoms with Gasteiger partial charge < -0.3 is 0 Å². The van der Waals surface area contributed by atoms with Crippen molar-refractivity contribution in [2.24, 2.45) is 0 Å². The van der Waals surface area contributed by atoms with E-state index in [1.165, 1.54) is 26.1 Å². The molecule has 9 rings (SSSR count). The molecular weight excluding hydrogens is 639 g/mol. The van der Waals surface area contributed by atoms with E-state index in [2.05, 4.69) is 158 Å². The van der Waals surface area contributed by atoms with E-state index in [0.717, 1.165) is 57.4 Å². The third kappa shape index (κ3) is 6.11. The molecule has 0 aliphatic heterocycles. The molecule has 4 heteroatoms. The van der Waals surface area contributed by atoms with Crippen LogP contribution in [0.1, 0.15) is 39.1 Å². The number of aromatic nitrogens is 3. The Labute approximate surface area is 302 Å². The molecule has 6 aromatic carbocycles. The molecule has 0 unspecified atom stereocenters. The summed E-state index contributed by atoms with van der Waals surface area (Å²) < 4.78 is 1.27. The van der Waals surface area contributed by atoms with E-state index in [1.807, 2.05) is 29.5 Å². The average Bonchev–Trinajstić information content (AvgIpc) is 3.59. The lowest BCUT2D eigenvalue weighted by Gasteiger charge is -2.18. The van der Waals surface area contributed by atoms with E-state index in [9.17, 15) is 0 Å². The van der Waals surface area contributed by atoms with Crippen molar-refractivity contribution in [2.45, 2.75) is 12.8 Å². The van der Waals surface area contributed by atoms with Crippen LogP contribution in [0.15, 0.2) is 170 Å². The molecule has 2 heterocycles. The molecule has 0 saturated heterocycles. The summed E-state index contributed by atoms with van der Waals surface area (Å²) in [4.78, 5) is 16.8. The zero-order chi connectivity index (χ0) is 34.0. The number of allylic oxidation sites excluding steroid dienone is 1. The molecule has 1 aliphatic rings. The highest BCUT2D eigenvalue weighted by molar-refractivity contribution is 7.19. The van der Waals surface area contributed by atoms with E-state index in [4.69, 9.17) is 15.0 Å². The monoisotopic (exact) mass is 671 g/mol. The largest absolute Gasteiger partial charge is 0.208 e. The minimum absolute atomic E-state index is 0.641. The van der Waals surface area contributed by atoms with Gasteiger partial charge in [0, 0.05) is 26.3 Å². The van der Waals surface area contributed by atoms with Crippen LogP contribution < -0.4 is 0 Å². The highest BCUT2D eigenvalue weighted by Gasteiger charge is 2.19. The molecule has 0 amide bonds. The zero-order valence-corrected chi connectivity index (χ0v) is 28.7. The van der Waals surface area contributed by atoms with Gasteiger partial charge in [0.2, 0.25) is 0 Å². The predicted octanol–water partition coefficient (Wildman–Crippen LogP) is 12.1. The van der Waals surface area contributed by atoms with Crippen molar-refractivity contribution in [3.63, 3.8) is 0 Å². The number of thiophene rings is 1. The highest BCUT2D eigenvalue weighted by atomic mass is 32.1. The minimum atomic E-state index is 0.641. The van der Waals surface area contributed by atoms with Crippen molar-refractivity contribution in [3.05, 3.63) is 203 Å². The van der Waals surface area contributed by atoms with E-state index in [1.54, 1.807) is 0 Å². The van der Waals surface area contributed by atoms with Gasteiger partial charge in [0.1, 0.15) is 0 Å². The molecule has 3 nitrogen and oxygen atoms in total. The van der Waals surface area contributed by atoms with Gasteiger partial charge in [-0.15, -0.1) is 11.3 Å². The number of hydrogen-bond donors (Lipinski definition) is 0. The summed E-state index contributed by atoms with van der Waals surface area (Å²) in [5.74, 6) is 1.96. The quantitative estimate of drug-likeness (QED) is 0.158. The molecule has 0 spiro atoms. The number of fused-ring (bicyclic) bond motifs is 3. The SMILES string of the molecule is C1=Cc2c(sc3cc(-c4nc(-c5ccccc5)nc(-c5cccc(C(=C(c6ccccc6)c6ccccc6)c6ccccc6)c5)n4)ccc23)CC1. The van der Waals surface area contributed by atoms with Crippen LogP contribution in [-0.4, -0.2) is 15.0 Å². The van der Waals surface area contributed by atoms with Gasteiger partial charge in [-0.05, 0) is 69.3 Å². The maximum atomic E-state index is 5.17. The van der Waals surface area contributed by atoms with Gasteiger partial charge >= 0.3 is 0 Å². The lowest BCUT2D eigenvalue weighted by molar-refractivity contribution is 1.02. The number of benzene rings is 6. The normalized spacial score (nSPS) is 12.1. The molecule has 8 aromatic rings. The third-order valence-electron chi connectivity index (χ3n) is 9.40. The van der Waals surface area contributed by atoms with Crippen molar-refractivity contribution >= 4 is 38.6 Å². The molecule has 0 bridgehead atoms. The van der Waals surface area contributed by atoms with Crippen LogP contribution in [-0.2, 0) is 6.42 Å². The number of rotatable bonds is 7. The van der Waals surface area contributed by atoms with Gasteiger partial charge in [0.05, 0.1) is 0 Å². The summed E-state index contributed by atoms with van der Waals surface area (Å²) in [6, 6.07) is 57.5. The highest BCUT2D eigenvalue weighted by Crippen LogP contribution is 2.40. The average molecular weight is 672 g/mol. The second-order valence-electron chi connectivity index (χ2n) is 12.7. The molecule has 0 atom stereocenters. The van der Waals surface area contributed by atoms with Crippen LogP contribution in [0, 0.1) is 0 Å². The summed E-state index contributed by atoms with van der Waals surface area (Å²) in [6.45, 7) is 0. The molecule has 2 aromatic heterocycles. The van der Waals surface area contributed by atoms with Crippen molar-refractivity contribution in [1.29, 1.82) is 0 Å². The molecule has 0 N–H and O–H groups in total. The summed E-state index contributed by atoms with van der Waals surface area (Å²) >= 11 is 1.88. The summed E-state index contributed by atoms with van der Waals surface area (Å²) in [6.07, 6.45) is 6.75. The van der Waals surface area contributed by atoms with Crippen molar-refractivity contribution < 1.29 is 0 Å². The van der Waals surface area contributed by atoms with Gasteiger partial charge in [0.15, 0.2) is 17.5 Å². The standard InChI is InChI=1S/C47H33N3S/c1-5-16-32(17-6-1)43(33-18-7-2-8-19-33)44(34-20-9-3-10-21-34)36-24-15-25-37(30-36)46-48-45(35-22-11-4-12-23-35)49-47(50-46)38-28-29-40-39-26-13-14-27-41(39)51-42(40)31-38/h1-13,15-26,28-31H,14,27H2. The Bertz CT molecular complexity index is 2510. The van der Waals surface area contributed by atoms with Gasteiger partial charge in [-0.2, -0.15) is 0 Å². The lowest BCUT2D eigenvalue weighted by atomic mass is 9.85. The predicted molar refractivity (Wildman–Crippen MR) is 213 cm³/mol. The Hall–Kier alpha value is -6.23. The second-order valence-corrected chi connectivity index (χ2v) is 13.8. The van der Waals surface area contributed by atoms with Crippen LogP contribution in [0.2, 0.25) is 0 Å². The van der Waals surface area contributed by atoms with E-state index in [-0.39, 0.29) is 0 Å². The van der Waals surface area contributed by atoms with E-state index in [0.29, 0.717) is 17.5 Å². The van der Waals surface area contributed by atoms with E-state index >= 15 is 0 Å². The zero-order valence-electron chi connectivity index (χ0n) is 27.9. The Morgan fingerprint density at radius 3 is 1.55 bits per heavy atom. The number of aryl methyl sites for hydroxylation is 1. The first kappa shape index (κ1) is 30.8. The third-order valence-corrected chi connectivity index (χ3v) is 10.6. The van der Waals surface area contributed by atoms with Gasteiger partial charge in [-0.25, -0.2) is 15.0 Å². The van der Waals surface area contributed by atoms with Crippen molar-refractivity contribution in [2.75, 3.05) is 0 Å². The van der Waals surface area contributed by atoms with Crippen LogP contribution in [0.5, 0.6) is 0 Å². The smallest absolute Gasteiger partial charge is 0.164 e. The first-order chi connectivity index (χ1) is 25.3. The second kappa shape index (κ2) is 13.6. The van der Waals surface area contributed by atoms with Gasteiger partial charge in [-0.1, -0.05) is 164 Å². The minimum Gasteiger partial charge on any atom is -0.208 e. The summed E-state index contributed by atoms with van der Waals surface area (Å²) in [7, 11) is 0.